The summed E-state index contributed by atoms with van der Waals surface area (Å²) in [5.74, 6) is -0.256. The maximum Gasteiger partial charge on any atom is 0.407 e. The Morgan fingerprint density at radius 2 is 2.05 bits per heavy atom. The molecule has 1 fully saturated rings. The summed E-state index contributed by atoms with van der Waals surface area (Å²) >= 11 is 3.34. The monoisotopic (exact) mass is 372 g/mol. The van der Waals surface area contributed by atoms with Crippen molar-refractivity contribution in [3.63, 3.8) is 0 Å². The van der Waals surface area contributed by atoms with E-state index in [1.54, 1.807) is 0 Å². The average Bonchev–Trinajstić information content (AvgIpc) is 2.85. The first-order valence-corrected chi connectivity index (χ1v) is 7.97. The molecule has 2 amide bonds. The molecular weight excluding hydrogens is 356 g/mol. The SMILES string of the molecule is O=C(NC1CCOCC1)c1nc(Br)n2c1CN(C(=O)O)CC2. The topological polar surface area (TPSA) is 96.7 Å². The number of carboxylic acid groups (broad SMARTS) is 1. The molecule has 1 saturated heterocycles. The Morgan fingerprint density at radius 1 is 1.32 bits per heavy atom. The highest BCUT2D eigenvalue weighted by atomic mass is 79.9. The smallest absolute Gasteiger partial charge is 0.407 e. The Hall–Kier alpha value is -1.61. The summed E-state index contributed by atoms with van der Waals surface area (Å²) in [5.41, 5.74) is 0.925. The van der Waals surface area contributed by atoms with E-state index in [1.807, 2.05) is 4.57 Å². The van der Waals surface area contributed by atoms with E-state index in [1.165, 1.54) is 4.90 Å². The number of hydrogen-bond acceptors (Lipinski definition) is 4. The molecule has 22 heavy (non-hydrogen) atoms. The van der Waals surface area contributed by atoms with Crippen molar-refractivity contribution in [1.29, 1.82) is 0 Å². The maximum absolute atomic E-state index is 12.5. The molecule has 0 atom stereocenters. The van der Waals surface area contributed by atoms with E-state index in [4.69, 9.17) is 9.84 Å². The van der Waals surface area contributed by atoms with E-state index in [0.717, 1.165) is 12.8 Å². The first kappa shape index (κ1) is 15.3. The standard InChI is InChI=1S/C13H17BrN4O4/c14-12-16-10(11(19)15-8-1-5-22-6-2-8)9-7-17(13(20)21)3-4-18(9)12/h8H,1-7H2,(H,15,19)(H,20,21). The van der Waals surface area contributed by atoms with E-state index in [9.17, 15) is 9.59 Å². The number of nitrogens with one attached hydrogen (secondary N) is 1. The molecule has 120 valence electrons. The molecule has 3 rings (SSSR count). The van der Waals surface area contributed by atoms with Gasteiger partial charge in [-0.2, -0.15) is 0 Å². The predicted octanol–water partition coefficient (Wildman–Crippen LogP) is 1.05. The van der Waals surface area contributed by atoms with Gasteiger partial charge in [-0.15, -0.1) is 0 Å². The lowest BCUT2D eigenvalue weighted by atomic mass is 10.1. The van der Waals surface area contributed by atoms with Crippen molar-refractivity contribution in [2.24, 2.45) is 0 Å². The highest BCUT2D eigenvalue weighted by Crippen LogP contribution is 2.23. The fourth-order valence-electron chi connectivity index (χ4n) is 2.77. The summed E-state index contributed by atoms with van der Waals surface area (Å²) in [7, 11) is 0. The van der Waals surface area contributed by atoms with E-state index < -0.39 is 6.09 Å². The number of rotatable bonds is 2. The lowest BCUT2D eigenvalue weighted by Gasteiger charge is -2.27. The number of imidazole rings is 1. The first-order valence-electron chi connectivity index (χ1n) is 7.17. The second-order valence-electron chi connectivity index (χ2n) is 5.39. The van der Waals surface area contributed by atoms with Crippen molar-refractivity contribution in [2.45, 2.75) is 32.0 Å². The van der Waals surface area contributed by atoms with Crippen molar-refractivity contribution >= 4 is 27.9 Å². The lowest BCUT2D eigenvalue weighted by Crippen LogP contribution is -2.41. The van der Waals surface area contributed by atoms with E-state index in [-0.39, 0.29) is 18.5 Å². The van der Waals surface area contributed by atoms with Crippen LogP contribution in [0.3, 0.4) is 0 Å². The molecule has 0 unspecified atom stereocenters. The molecule has 8 nitrogen and oxygen atoms in total. The van der Waals surface area contributed by atoms with E-state index in [2.05, 4.69) is 26.2 Å². The Bertz CT molecular complexity index is 597. The molecule has 1 aromatic rings. The van der Waals surface area contributed by atoms with Crippen molar-refractivity contribution in [3.05, 3.63) is 16.1 Å². The summed E-state index contributed by atoms with van der Waals surface area (Å²) < 4.78 is 7.68. The third-order valence-electron chi connectivity index (χ3n) is 4.00. The highest BCUT2D eigenvalue weighted by Gasteiger charge is 2.29. The molecule has 3 heterocycles. The highest BCUT2D eigenvalue weighted by molar-refractivity contribution is 9.10. The van der Waals surface area contributed by atoms with Gasteiger partial charge in [0.2, 0.25) is 0 Å². The minimum absolute atomic E-state index is 0.0801. The van der Waals surface area contributed by atoms with Crippen molar-refractivity contribution in [1.82, 2.24) is 19.8 Å². The number of fused-ring (bicyclic) bond motifs is 1. The second kappa shape index (κ2) is 6.25. The Balaban J connectivity index is 1.79. The van der Waals surface area contributed by atoms with E-state index >= 15 is 0 Å². The third kappa shape index (κ3) is 2.95. The predicted molar refractivity (Wildman–Crippen MR) is 79.7 cm³/mol. The van der Waals surface area contributed by atoms with Crippen LogP contribution in [-0.4, -0.2) is 57.4 Å². The number of hydrogen-bond donors (Lipinski definition) is 2. The fraction of sp³-hybridized carbons (Fsp3) is 0.615. The average molecular weight is 373 g/mol. The molecule has 0 radical (unpaired) electrons. The Morgan fingerprint density at radius 3 is 2.73 bits per heavy atom. The number of aromatic nitrogens is 2. The molecule has 0 saturated carbocycles. The molecule has 9 heteroatoms. The van der Waals surface area contributed by atoms with Gasteiger partial charge < -0.3 is 24.6 Å². The van der Waals surface area contributed by atoms with Crippen LogP contribution in [0.2, 0.25) is 0 Å². The number of ether oxygens (including phenoxy) is 1. The van der Waals surface area contributed by atoms with Crippen molar-refractivity contribution in [2.75, 3.05) is 19.8 Å². The van der Waals surface area contributed by atoms with Crippen LogP contribution in [0, 0.1) is 0 Å². The summed E-state index contributed by atoms with van der Waals surface area (Å²) in [4.78, 5) is 29.2. The molecule has 2 N–H and O–H groups in total. The van der Waals surface area contributed by atoms with Crippen LogP contribution in [0.4, 0.5) is 4.79 Å². The van der Waals surface area contributed by atoms with Crippen LogP contribution in [0.25, 0.3) is 0 Å². The number of carbonyl (C=O) groups is 2. The van der Waals surface area contributed by atoms with Gasteiger partial charge >= 0.3 is 6.09 Å². The zero-order valence-corrected chi connectivity index (χ0v) is 13.5. The van der Waals surface area contributed by atoms with Gasteiger partial charge in [-0.1, -0.05) is 0 Å². The number of carbonyl (C=O) groups excluding carboxylic acids is 1. The molecular formula is C13H17BrN4O4. The van der Waals surface area contributed by atoms with Gasteiger partial charge in [-0.25, -0.2) is 9.78 Å². The number of nitrogens with zero attached hydrogens (tertiary/aromatic N) is 3. The molecule has 0 aromatic carbocycles. The van der Waals surface area contributed by atoms with Gasteiger partial charge in [0.1, 0.15) is 0 Å². The second-order valence-corrected chi connectivity index (χ2v) is 6.10. The van der Waals surface area contributed by atoms with Crippen LogP contribution >= 0.6 is 15.9 Å². The van der Waals surface area contributed by atoms with Crippen molar-refractivity contribution in [3.8, 4) is 0 Å². The van der Waals surface area contributed by atoms with Crippen LogP contribution in [0.15, 0.2) is 4.73 Å². The summed E-state index contributed by atoms with van der Waals surface area (Å²) in [5, 5.41) is 12.1. The number of amides is 2. The molecule has 1 aromatic heterocycles. The normalized spacial score (nSPS) is 18.9. The van der Waals surface area contributed by atoms with Gasteiger partial charge in [-0.3, -0.25) is 4.79 Å². The third-order valence-corrected chi connectivity index (χ3v) is 4.61. The van der Waals surface area contributed by atoms with Gasteiger partial charge in [0, 0.05) is 32.3 Å². The van der Waals surface area contributed by atoms with Crippen LogP contribution < -0.4 is 5.32 Å². The zero-order valence-electron chi connectivity index (χ0n) is 11.9. The molecule has 2 aliphatic rings. The van der Waals surface area contributed by atoms with E-state index in [0.29, 0.717) is 42.4 Å². The van der Waals surface area contributed by atoms with Gasteiger partial charge in [0.25, 0.3) is 5.91 Å². The Kier molecular flexibility index (Phi) is 4.34. The fourth-order valence-corrected chi connectivity index (χ4v) is 3.33. The zero-order chi connectivity index (χ0) is 15.7. The van der Waals surface area contributed by atoms with Gasteiger partial charge in [0.05, 0.1) is 12.2 Å². The largest absolute Gasteiger partial charge is 0.465 e. The Labute approximate surface area is 135 Å². The van der Waals surface area contributed by atoms with Crippen LogP contribution in [0.1, 0.15) is 29.0 Å². The molecule has 2 aliphatic heterocycles. The first-order chi connectivity index (χ1) is 10.6. The molecule has 0 bridgehead atoms. The molecule has 0 aliphatic carbocycles. The summed E-state index contributed by atoms with van der Waals surface area (Å²) in [6.45, 7) is 2.33. The minimum atomic E-state index is -0.987. The van der Waals surface area contributed by atoms with Crippen LogP contribution in [-0.2, 0) is 17.8 Å². The number of halogens is 1. The quantitative estimate of drug-likeness (QED) is 0.808. The summed E-state index contributed by atoms with van der Waals surface area (Å²) in [6.07, 6.45) is 0.577. The van der Waals surface area contributed by atoms with Gasteiger partial charge in [0.15, 0.2) is 10.4 Å². The van der Waals surface area contributed by atoms with Crippen molar-refractivity contribution < 1.29 is 19.4 Å². The minimum Gasteiger partial charge on any atom is -0.465 e. The van der Waals surface area contributed by atoms with Gasteiger partial charge in [-0.05, 0) is 28.8 Å². The summed E-state index contributed by atoms with van der Waals surface area (Å²) in [6, 6.07) is 0.0801. The van der Waals surface area contributed by atoms with Crippen LogP contribution in [0.5, 0.6) is 0 Å². The lowest BCUT2D eigenvalue weighted by molar-refractivity contribution is 0.0692. The maximum atomic E-state index is 12.5. The molecule has 0 spiro atoms.